The second-order valence-corrected chi connectivity index (χ2v) is 6.55. The number of phenols is 1. The fourth-order valence-electron chi connectivity index (χ4n) is 1.77. The summed E-state index contributed by atoms with van der Waals surface area (Å²) in [5, 5.41) is 12.1. The normalized spacial score (nSPS) is 10.6. The number of aromatic nitrogens is 2. The zero-order valence-corrected chi connectivity index (χ0v) is 13.6. The number of thioether (sulfide) groups is 1. The number of nitrogens with zero attached hydrogens (tertiary/aromatic N) is 2. The van der Waals surface area contributed by atoms with Crippen LogP contribution in [0.25, 0.3) is 11.4 Å². The summed E-state index contributed by atoms with van der Waals surface area (Å²) >= 11 is 2.58. The highest BCUT2D eigenvalue weighted by atomic mass is 32.2. The molecule has 0 saturated carbocycles. The van der Waals surface area contributed by atoms with Gasteiger partial charge in [-0.25, -0.2) is 4.98 Å². The van der Waals surface area contributed by atoms with E-state index < -0.39 is 0 Å². The number of carbonyl (C=O) groups is 1. The lowest BCUT2D eigenvalue weighted by molar-refractivity contribution is -0.118. The summed E-state index contributed by atoms with van der Waals surface area (Å²) < 4.78 is 10.1. The van der Waals surface area contributed by atoms with Crippen molar-refractivity contribution in [1.29, 1.82) is 0 Å². The number of benzene rings is 1. The van der Waals surface area contributed by atoms with E-state index in [4.69, 9.17) is 4.42 Å². The van der Waals surface area contributed by atoms with E-state index in [1.165, 1.54) is 23.3 Å². The molecule has 118 valence electrons. The van der Waals surface area contributed by atoms with Gasteiger partial charge in [0.25, 0.3) is 0 Å². The molecule has 0 saturated heterocycles. The quantitative estimate of drug-likeness (QED) is 0.667. The fourth-order valence-corrected chi connectivity index (χ4v) is 3.22. The molecule has 0 radical (unpaired) electrons. The van der Waals surface area contributed by atoms with Gasteiger partial charge in [-0.3, -0.25) is 4.79 Å². The average Bonchev–Trinajstić information content (AvgIpc) is 3.23. The summed E-state index contributed by atoms with van der Waals surface area (Å²) in [6.07, 6.45) is 1.57. The van der Waals surface area contributed by atoms with Crippen LogP contribution in [0.3, 0.4) is 0 Å². The first kappa shape index (κ1) is 15.6. The molecule has 2 heterocycles. The van der Waals surface area contributed by atoms with Crippen molar-refractivity contribution in [2.24, 2.45) is 0 Å². The number of carbonyl (C=O) groups excluding carboxylic acids is 1. The Morgan fingerprint density at radius 2 is 2.13 bits per heavy atom. The maximum atomic E-state index is 11.8. The van der Waals surface area contributed by atoms with Crippen molar-refractivity contribution in [3.05, 3.63) is 48.4 Å². The highest BCUT2D eigenvalue weighted by Crippen LogP contribution is 2.26. The van der Waals surface area contributed by atoms with Crippen molar-refractivity contribution in [3.63, 3.8) is 0 Å². The van der Waals surface area contributed by atoms with E-state index in [1.807, 2.05) is 6.07 Å². The average molecular weight is 347 g/mol. The Morgan fingerprint density at radius 3 is 2.87 bits per heavy atom. The Kier molecular flexibility index (Phi) is 4.94. The molecular weight excluding hydrogens is 334 g/mol. The lowest BCUT2D eigenvalue weighted by Gasteiger charge is -2.01. The molecule has 1 amide bonds. The van der Waals surface area contributed by atoms with Gasteiger partial charge in [-0.15, -0.1) is 0 Å². The van der Waals surface area contributed by atoms with Crippen molar-refractivity contribution >= 4 is 29.2 Å². The largest absolute Gasteiger partial charge is 0.508 e. The van der Waals surface area contributed by atoms with Crippen LogP contribution in [-0.4, -0.2) is 26.1 Å². The van der Waals surface area contributed by atoms with Crippen molar-refractivity contribution < 1.29 is 14.3 Å². The summed E-state index contributed by atoms with van der Waals surface area (Å²) in [4.78, 5) is 16.2. The lowest BCUT2D eigenvalue weighted by atomic mass is 10.2. The molecular formula is C15H13N3O3S2. The first-order valence-electron chi connectivity index (χ1n) is 6.76. The maximum absolute atomic E-state index is 11.8. The van der Waals surface area contributed by atoms with E-state index in [0.717, 1.165) is 9.90 Å². The van der Waals surface area contributed by atoms with E-state index in [1.54, 1.807) is 36.6 Å². The zero-order valence-electron chi connectivity index (χ0n) is 11.9. The number of aromatic hydroxyl groups is 1. The molecule has 2 aromatic heterocycles. The summed E-state index contributed by atoms with van der Waals surface area (Å²) in [5.74, 6) is 1.69. The minimum absolute atomic E-state index is 0.0900. The van der Waals surface area contributed by atoms with Crippen molar-refractivity contribution in [2.45, 2.75) is 10.9 Å². The smallest absolute Gasteiger partial charge is 0.230 e. The van der Waals surface area contributed by atoms with E-state index in [2.05, 4.69) is 14.7 Å². The van der Waals surface area contributed by atoms with Gasteiger partial charge < -0.3 is 14.8 Å². The number of amides is 1. The first-order valence-corrected chi connectivity index (χ1v) is 8.51. The van der Waals surface area contributed by atoms with E-state index in [0.29, 0.717) is 18.1 Å². The van der Waals surface area contributed by atoms with Gasteiger partial charge in [0.2, 0.25) is 5.91 Å². The van der Waals surface area contributed by atoms with Crippen LogP contribution in [0.1, 0.15) is 5.76 Å². The summed E-state index contributed by atoms with van der Waals surface area (Å²) in [6.45, 7) is 0.376. The summed E-state index contributed by atoms with van der Waals surface area (Å²) in [7, 11) is 0. The topological polar surface area (TPSA) is 88.2 Å². The minimum Gasteiger partial charge on any atom is -0.508 e. The molecule has 0 spiro atoms. The molecule has 23 heavy (non-hydrogen) atoms. The molecule has 8 heteroatoms. The Morgan fingerprint density at radius 1 is 1.30 bits per heavy atom. The minimum atomic E-state index is -0.0900. The number of phenolic OH excluding ortho intramolecular Hbond substituents is 1. The SMILES string of the molecule is O=C(CSc1nc(-c2ccc(O)cc2)ns1)NCc1ccco1. The van der Waals surface area contributed by atoms with Crippen LogP contribution >= 0.6 is 23.3 Å². The van der Waals surface area contributed by atoms with Gasteiger partial charge in [-0.1, -0.05) is 11.8 Å². The van der Waals surface area contributed by atoms with E-state index in [9.17, 15) is 9.90 Å². The standard InChI is InChI=1S/C15H13N3O3S2/c19-11-5-3-10(4-6-11)14-17-15(23-18-14)22-9-13(20)16-8-12-2-1-7-21-12/h1-7,19H,8-9H2,(H,16,20). The van der Waals surface area contributed by atoms with Gasteiger partial charge in [0.15, 0.2) is 10.2 Å². The van der Waals surface area contributed by atoms with Crippen LogP contribution in [0.5, 0.6) is 5.75 Å². The van der Waals surface area contributed by atoms with Gasteiger partial charge in [-0.05, 0) is 47.9 Å². The Bertz CT molecular complexity index is 770. The highest BCUT2D eigenvalue weighted by Gasteiger charge is 2.10. The Labute approximate surface area is 140 Å². The lowest BCUT2D eigenvalue weighted by Crippen LogP contribution is -2.24. The van der Waals surface area contributed by atoms with Crippen molar-refractivity contribution in [3.8, 4) is 17.1 Å². The molecule has 0 aliphatic rings. The monoisotopic (exact) mass is 347 g/mol. The second kappa shape index (κ2) is 7.30. The Balaban J connectivity index is 1.50. The zero-order chi connectivity index (χ0) is 16.1. The van der Waals surface area contributed by atoms with Crippen LogP contribution < -0.4 is 5.32 Å². The molecule has 0 atom stereocenters. The molecule has 0 bridgehead atoms. The third-order valence-electron chi connectivity index (χ3n) is 2.90. The van der Waals surface area contributed by atoms with E-state index in [-0.39, 0.29) is 17.4 Å². The molecule has 2 N–H and O–H groups in total. The predicted molar refractivity (Wildman–Crippen MR) is 88.3 cm³/mol. The third kappa shape index (κ3) is 4.33. The number of hydrogen-bond acceptors (Lipinski definition) is 7. The van der Waals surface area contributed by atoms with Crippen LogP contribution in [0.2, 0.25) is 0 Å². The second-order valence-electron chi connectivity index (χ2n) is 4.58. The molecule has 0 aliphatic carbocycles. The highest BCUT2D eigenvalue weighted by molar-refractivity contribution is 8.01. The van der Waals surface area contributed by atoms with Crippen molar-refractivity contribution in [1.82, 2.24) is 14.7 Å². The van der Waals surface area contributed by atoms with Crippen LogP contribution in [0, 0.1) is 0 Å². The van der Waals surface area contributed by atoms with Gasteiger partial charge in [0.05, 0.1) is 18.6 Å². The third-order valence-corrected chi connectivity index (χ3v) is 4.73. The number of nitrogens with one attached hydrogen (secondary N) is 1. The van der Waals surface area contributed by atoms with Crippen LogP contribution in [0.15, 0.2) is 51.4 Å². The van der Waals surface area contributed by atoms with Gasteiger partial charge in [0.1, 0.15) is 11.5 Å². The number of hydrogen-bond donors (Lipinski definition) is 2. The molecule has 3 aromatic rings. The van der Waals surface area contributed by atoms with Gasteiger partial charge in [-0.2, -0.15) is 4.37 Å². The molecule has 0 aliphatic heterocycles. The number of rotatable bonds is 6. The first-order chi connectivity index (χ1) is 11.2. The fraction of sp³-hybridized carbons (Fsp3) is 0.133. The van der Waals surface area contributed by atoms with Crippen LogP contribution in [-0.2, 0) is 11.3 Å². The predicted octanol–water partition coefficient (Wildman–Crippen LogP) is 2.91. The van der Waals surface area contributed by atoms with Crippen molar-refractivity contribution in [2.75, 3.05) is 5.75 Å². The maximum Gasteiger partial charge on any atom is 0.230 e. The summed E-state index contributed by atoms with van der Waals surface area (Å²) in [5.41, 5.74) is 0.827. The molecule has 0 unspecified atom stereocenters. The van der Waals surface area contributed by atoms with E-state index >= 15 is 0 Å². The molecule has 6 nitrogen and oxygen atoms in total. The van der Waals surface area contributed by atoms with Gasteiger partial charge >= 0.3 is 0 Å². The number of furan rings is 1. The molecule has 1 aromatic carbocycles. The van der Waals surface area contributed by atoms with Gasteiger partial charge in [0, 0.05) is 5.56 Å². The molecule has 3 rings (SSSR count). The molecule has 0 fully saturated rings. The van der Waals surface area contributed by atoms with Crippen LogP contribution in [0.4, 0.5) is 0 Å². The summed E-state index contributed by atoms with van der Waals surface area (Å²) in [6, 6.07) is 10.3. The Hall–Kier alpha value is -2.32.